The van der Waals surface area contributed by atoms with Gasteiger partial charge in [-0.25, -0.2) is 0 Å². The van der Waals surface area contributed by atoms with Crippen LogP contribution in [0.1, 0.15) is 65.2 Å². The number of nitrogens with zero attached hydrogens (tertiary/aromatic N) is 1. The Labute approximate surface area is 113 Å². The van der Waals surface area contributed by atoms with Crippen LogP contribution >= 0.6 is 0 Å². The number of rotatable bonds is 4. The SMILES string of the molecule is CCC1(CC)CN(CC2CC2)C2(CCCC2)CN1. The van der Waals surface area contributed by atoms with E-state index in [1.54, 1.807) is 0 Å². The lowest BCUT2D eigenvalue weighted by Gasteiger charge is -2.53. The summed E-state index contributed by atoms with van der Waals surface area (Å²) in [6.45, 7) is 8.66. The van der Waals surface area contributed by atoms with Gasteiger partial charge in [-0.15, -0.1) is 0 Å². The van der Waals surface area contributed by atoms with Gasteiger partial charge in [0.1, 0.15) is 0 Å². The molecular weight excluding hydrogens is 220 g/mol. The maximum atomic E-state index is 3.95. The summed E-state index contributed by atoms with van der Waals surface area (Å²) < 4.78 is 0. The molecule has 0 aromatic heterocycles. The summed E-state index contributed by atoms with van der Waals surface area (Å²) >= 11 is 0. The normalized spacial score (nSPS) is 31.0. The Morgan fingerprint density at radius 1 is 1.11 bits per heavy atom. The van der Waals surface area contributed by atoms with Gasteiger partial charge in [0.05, 0.1) is 0 Å². The number of piperazine rings is 1. The van der Waals surface area contributed by atoms with Gasteiger partial charge in [-0.2, -0.15) is 0 Å². The third-order valence-corrected chi connectivity index (χ3v) is 6.02. The molecule has 3 rings (SSSR count). The molecule has 0 radical (unpaired) electrons. The first-order valence-electron chi connectivity index (χ1n) is 8.22. The van der Waals surface area contributed by atoms with Gasteiger partial charge in [-0.05, 0) is 44.4 Å². The van der Waals surface area contributed by atoms with E-state index in [2.05, 4.69) is 24.1 Å². The van der Waals surface area contributed by atoms with Crippen molar-refractivity contribution in [2.45, 2.75) is 76.3 Å². The molecule has 1 spiro atoms. The fourth-order valence-electron chi connectivity index (χ4n) is 4.17. The Kier molecular flexibility index (Phi) is 3.44. The molecular formula is C16H30N2. The van der Waals surface area contributed by atoms with Crippen LogP contribution in [0, 0.1) is 5.92 Å². The van der Waals surface area contributed by atoms with E-state index < -0.39 is 0 Å². The van der Waals surface area contributed by atoms with Crippen molar-refractivity contribution >= 4 is 0 Å². The van der Waals surface area contributed by atoms with E-state index in [9.17, 15) is 0 Å². The van der Waals surface area contributed by atoms with Crippen molar-refractivity contribution < 1.29 is 0 Å². The second kappa shape index (κ2) is 4.79. The van der Waals surface area contributed by atoms with Crippen molar-refractivity contribution in [2.24, 2.45) is 5.92 Å². The lowest BCUT2D eigenvalue weighted by molar-refractivity contribution is 0.000997. The van der Waals surface area contributed by atoms with E-state index in [4.69, 9.17) is 0 Å². The van der Waals surface area contributed by atoms with Crippen LogP contribution in [0.2, 0.25) is 0 Å². The molecule has 3 aliphatic rings. The highest BCUT2D eigenvalue weighted by atomic mass is 15.3. The van der Waals surface area contributed by atoms with Crippen LogP contribution in [-0.4, -0.2) is 35.6 Å². The van der Waals surface area contributed by atoms with Gasteiger partial charge in [-0.1, -0.05) is 26.7 Å². The summed E-state index contributed by atoms with van der Waals surface area (Å²) in [5.41, 5.74) is 0.944. The summed E-state index contributed by atoms with van der Waals surface area (Å²) in [4.78, 5) is 2.92. The average Bonchev–Trinajstić information content (AvgIpc) is 3.10. The maximum absolute atomic E-state index is 3.95. The van der Waals surface area contributed by atoms with E-state index in [1.165, 1.54) is 71.0 Å². The molecule has 18 heavy (non-hydrogen) atoms. The van der Waals surface area contributed by atoms with Crippen LogP contribution in [0.4, 0.5) is 0 Å². The summed E-state index contributed by atoms with van der Waals surface area (Å²) in [5, 5.41) is 3.95. The van der Waals surface area contributed by atoms with Crippen LogP contribution in [0.5, 0.6) is 0 Å². The zero-order chi connectivity index (χ0) is 12.6. The first-order chi connectivity index (χ1) is 8.72. The Bertz CT molecular complexity index is 285. The molecule has 0 aromatic rings. The molecule has 0 amide bonds. The smallest absolute Gasteiger partial charge is 0.0335 e. The Balaban J connectivity index is 1.76. The van der Waals surface area contributed by atoms with Crippen LogP contribution in [0.3, 0.4) is 0 Å². The molecule has 104 valence electrons. The molecule has 3 fully saturated rings. The van der Waals surface area contributed by atoms with Crippen LogP contribution in [0.15, 0.2) is 0 Å². The van der Waals surface area contributed by atoms with Crippen LogP contribution in [0.25, 0.3) is 0 Å². The highest BCUT2D eigenvalue weighted by Gasteiger charge is 2.48. The zero-order valence-electron chi connectivity index (χ0n) is 12.3. The van der Waals surface area contributed by atoms with Gasteiger partial charge < -0.3 is 5.32 Å². The van der Waals surface area contributed by atoms with E-state index in [-0.39, 0.29) is 0 Å². The minimum atomic E-state index is 0.405. The van der Waals surface area contributed by atoms with Gasteiger partial charge in [0, 0.05) is 30.7 Å². The topological polar surface area (TPSA) is 15.3 Å². The third kappa shape index (κ3) is 2.22. The molecule has 0 unspecified atom stereocenters. The summed E-state index contributed by atoms with van der Waals surface area (Å²) in [5.74, 6) is 1.03. The van der Waals surface area contributed by atoms with Crippen molar-refractivity contribution in [3.63, 3.8) is 0 Å². The standard InChI is InChI=1S/C16H30N2/c1-3-15(4-2)13-18(11-14-7-8-14)16(12-17-15)9-5-6-10-16/h14,17H,3-13H2,1-2H3. The van der Waals surface area contributed by atoms with Crippen molar-refractivity contribution in [3.8, 4) is 0 Å². The Morgan fingerprint density at radius 3 is 2.33 bits per heavy atom. The number of hydrogen-bond donors (Lipinski definition) is 1. The summed E-state index contributed by atoms with van der Waals surface area (Å²) in [6, 6.07) is 0. The highest BCUT2D eigenvalue weighted by molar-refractivity contribution is 5.07. The summed E-state index contributed by atoms with van der Waals surface area (Å²) in [7, 11) is 0. The first-order valence-corrected chi connectivity index (χ1v) is 8.22. The largest absolute Gasteiger partial charge is 0.308 e. The van der Waals surface area contributed by atoms with Crippen molar-refractivity contribution in [1.82, 2.24) is 10.2 Å². The van der Waals surface area contributed by atoms with Gasteiger partial charge in [0.2, 0.25) is 0 Å². The second-order valence-electron chi connectivity index (χ2n) is 7.10. The maximum Gasteiger partial charge on any atom is 0.0335 e. The molecule has 2 heteroatoms. The molecule has 1 N–H and O–H groups in total. The highest BCUT2D eigenvalue weighted by Crippen LogP contribution is 2.42. The second-order valence-corrected chi connectivity index (χ2v) is 7.10. The monoisotopic (exact) mass is 250 g/mol. The van der Waals surface area contributed by atoms with E-state index >= 15 is 0 Å². The van der Waals surface area contributed by atoms with Crippen molar-refractivity contribution in [1.29, 1.82) is 0 Å². The quantitative estimate of drug-likeness (QED) is 0.824. The zero-order valence-corrected chi connectivity index (χ0v) is 12.3. The fourth-order valence-corrected chi connectivity index (χ4v) is 4.17. The van der Waals surface area contributed by atoms with Crippen LogP contribution < -0.4 is 5.32 Å². The minimum absolute atomic E-state index is 0.405. The summed E-state index contributed by atoms with van der Waals surface area (Å²) in [6.07, 6.45) is 11.3. The fraction of sp³-hybridized carbons (Fsp3) is 1.00. The van der Waals surface area contributed by atoms with Gasteiger partial charge in [0.15, 0.2) is 0 Å². The lowest BCUT2D eigenvalue weighted by atomic mass is 9.82. The molecule has 1 aliphatic heterocycles. The van der Waals surface area contributed by atoms with Gasteiger partial charge in [0.25, 0.3) is 0 Å². The molecule has 2 aliphatic carbocycles. The van der Waals surface area contributed by atoms with Gasteiger partial charge >= 0.3 is 0 Å². The molecule has 0 atom stereocenters. The minimum Gasteiger partial charge on any atom is -0.308 e. The lowest BCUT2D eigenvalue weighted by Crippen LogP contribution is -2.69. The predicted molar refractivity (Wildman–Crippen MR) is 76.8 cm³/mol. The van der Waals surface area contributed by atoms with Crippen LogP contribution in [-0.2, 0) is 0 Å². The molecule has 0 aromatic carbocycles. The number of hydrogen-bond acceptors (Lipinski definition) is 2. The van der Waals surface area contributed by atoms with E-state index in [0.717, 1.165) is 5.92 Å². The third-order valence-electron chi connectivity index (χ3n) is 6.02. The molecule has 2 saturated carbocycles. The number of nitrogens with one attached hydrogen (secondary N) is 1. The predicted octanol–water partition coefficient (Wildman–Crippen LogP) is 3.17. The van der Waals surface area contributed by atoms with Crippen molar-refractivity contribution in [2.75, 3.05) is 19.6 Å². The Hall–Kier alpha value is -0.0800. The Morgan fingerprint density at radius 2 is 1.78 bits per heavy atom. The molecule has 1 saturated heterocycles. The van der Waals surface area contributed by atoms with E-state index in [0.29, 0.717) is 11.1 Å². The molecule has 1 heterocycles. The first kappa shape index (κ1) is 12.9. The molecule has 2 nitrogen and oxygen atoms in total. The average molecular weight is 250 g/mol. The van der Waals surface area contributed by atoms with Crippen molar-refractivity contribution in [3.05, 3.63) is 0 Å². The van der Waals surface area contributed by atoms with E-state index in [1.807, 2.05) is 0 Å². The van der Waals surface area contributed by atoms with Gasteiger partial charge in [-0.3, -0.25) is 4.90 Å². The molecule has 0 bridgehead atoms.